The van der Waals surface area contributed by atoms with Gasteiger partial charge in [0.2, 0.25) is 0 Å². The Morgan fingerprint density at radius 2 is 1.52 bits per heavy atom. The number of likely N-dealkylation sites (tertiary alicyclic amines) is 1. The smallest absolute Gasteiger partial charge is 0.0955 e. The lowest BCUT2D eigenvalue weighted by atomic mass is 9.84. The Balaban J connectivity index is 1.59. The Bertz CT molecular complexity index is 573. The van der Waals surface area contributed by atoms with Gasteiger partial charge >= 0.3 is 0 Å². The maximum Gasteiger partial charge on any atom is 0.0955 e. The van der Waals surface area contributed by atoms with Crippen molar-refractivity contribution in [3.05, 3.63) is 71.8 Å². The first kappa shape index (κ1) is 16.2. The van der Waals surface area contributed by atoms with Gasteiger partial charge in [-0.2, -0.15) is 0 Å². The first-order chi connectivity index (χ1) is 11.3. The van der Waals surface area contributed by atoms with Crippen LogP contribution < -0.4 is 0 Å². The minimum atomic E-state index is -0.0841. The van der Waals surface area contributed by atoms with Gasteiger partial charge in [0.05, 0.1) is 5.60 Å². The molecule has 122 valence electrons. The van der Waals surface area contributed by atoms with Gasteiger partial charge < -0.3 is 9.64 Å². The van der Waals surface area contributed by atoms with E-state index in [1.165, 1.54) is 11.1 Å². The molecule has 2 aromatic carbocycles. The quantitative estimate of drug-likeness (QED) is 0.790. The number of piperidine rings is 1. The highest BCUT2D eigenvalue weighted by Gasteiger charge is 2.36. The number of hydrogen-bond acceptors (Lipinski definition) is 2. The summed E-state index contributed by atoms with van der Waals surface area (Å²) in [6.07, 6.45) is 3.30. The van der Waals surface area contributed by atoms with Crippen LogP contribution in [-0.2, 0) is 16.8 Å². The molecule has 2 nitrogen and oxygen atoms in total. The highest BCUT2D eigenvalue weighted by Crippen LogP contribution is 2.36. The fourth-order valence-electron chi connectivity index (χ4n) is 3.60. The Kier molecular flexibility index (Phi) is 5.47. The predicted molar refractivity (Wildman–Crippen MR) is 95.6 cm³/mol. The fraction of sp³-hybridized carbons (Fsp3) is 0.429. The van der Waals surface area contributed by atoms with Gasteiger partial charge in [0, 0.05) is 26.2 Å². The highest BCUT2D eigenvalue weighted by molar-refractivity contribution is 5.23. The molecule has 0 unspecified atom stereocenters. The van der Waals surface area contributed by atoms with E-state index in [1.54, 1.807) is 0 Å². The molecule has 0 radical (unpaired) electrons. The van der Waals surface area contributed by atoms with Gasteiger partial charge in [-0.05, 0) is 37.3 Å². The SMILES string of the molecule is CCOC1(c2ccccc2)CCN(CCc2ccccc2)CC1. The van der Waals surface area contributed by atoms with Crippen LogP contribution >= 0.6 is 0 Å². The Hall–Kier alpha value is -1.64. The van der Waals surface area contributed by atoms with E-state index in [2.05, 4.69) is 72.5 Å². The van der Waals surface area contributed by atoms with E-state index in [-0.39, 0.29) is 5.60 Å². The molecule has 1 fully saturated rings. The molecular formula is C21H27NO. The largest absolute Gasteiger partial charge is 0.370 e. The van der Waals surface area contributed by atoms with Crippen LogP contribution in [0.5, 0.6) is 0 Å². The fourth-order valence-corrected chi connectivity index (χ4v) is 3.60. The van der Waals surface area contributed by atoms with Crippen molar-refractivity contribution in [3.8, 4) is 0 Å². The summed E-state index contributed by atoms with van der Waals surface area (Å²) in [6, 6.07) is 21.5. The molecule has 0 aromatic heterocycles. The van der Waals surface area contributed by atoms with Crippen LogP contribution in [0.1, 0.15) is 30.9 Å². The van der Waals surface area contributed by atoms with Crippen LogP contribution in [0.4, 0.5) is 0 Å². The van der Waals surface area contributed by atoms with Gasteiger partial charge in [-0.25, -0.2) is 0 Å². The summed E-state index contributed by atoms with van der Waals surface area (Å²) < 4.78 is 6.24. The van der Waals surface area contributed by atoms with Gasteiger partial charge in [0.25, 0.3) is 0 Å². The minimum Gasteiger partial charge on any atom is -0.370 e. The molecule has 2 heteroatoms. The van der Waals surface area contributed by atoms with Gasteiger partial charge in [0.1, 0.15) is 0 Å². The molecule has 1 aliphatic rings. The van der Waals surface area contributed by atoms with E-state index in [4.69, 9.17) is 4.74 Å². The van der Waals surface area contributed by atoms with Crippen molar-refractivity contribution < 1.29 is 4.74 Å². The number of hydrogen-bond donors (Lipinski definition) is 0. The Morgan fingerprint density at radius 3 is 2.13 bits per heavy atom. The second-order valence-electron chi connectivity index (χ2n) is 6.37. The molecule has 0 amide bonds. The lowest BCUT2D eigenvalue weighted by Gasteiger charge is -2.42. The summed E-state index contributed by atoms with van der Waals surface area (Å²) in [7, 11) is 0. The van der Waals surface area contributed by atoms with E-state index in [1.807, 2.05) is 0 Å². The van der Waals surface area contributed by atoms with Crippen molar-refractivity contribution in [2.45, 2.75) is 31.8 Å². The topological polar surface area (TPSA) is 12.5 Å². The zero-order valence-electron chi connectivity index (χ0n) is 14.1. The van der Waals surface area contributed by atoms with E-state index in [9.17, 15) is 0 Å². The molecule has 1 heterocycles. The van der Waals surface area contributed by atoms with Crippen LogP contribution in [0.25, 0.3) is 0 Å². The number of rotatable bonds is 6. The molecule has 0 saturated carbocycles. The molecule has 3 rings (SSSR count). The summed E-state index contributed by atoms with van der Waals surface area (Å²) in [5.41, 5.74) is 2.68. The number of benzene rings is 2. The van der Waals surface area contributed by atoms with Crippen molar-refractivity contribution in [2.24, 2.45) is 0 Å². The average Bonchev–Trinajstić information content (AvgIpc) is 2.63. The van der Waals surface area contributed by atoms with E-state index in [0.29, 0.717) is 0 Å². The van der Waals surface area contributed by atoms with Crippen LogP contribution in [0.3, 0.4) is 0 Å². The Labute approximate surface area is 140 Å². The van der Waals surface area contributed by atoms with Crippen LogP contribution in [0.15, 0.2) is 60.7 Å². The third kappa shape index (κ3) is 4.01. The molecule has 0 aliphatic carbocycles. The Morgan fingerprint density at radius 1 is 0.913 bits per heavy atom. The molecular weight excluding hydrogens is 282 g/mol. The van der Waals surface area contributed by atoms with Crippen molar-refractivity contribution in [3.63, 3.8) is 0 Å². The molecule has 0 N–H and O–H groups in total. The molecule has 1 aliphatic heterocycles. The van der Waals surface area contributed by atoms with Crippen molar-refractivity contribution >= 4 is 0 Å². The number of ether oxygens (including phenoxy) is 1. The third-order valence-corrected chi connectivity index (χ3v) is 4.94. The molecule has 1 saturated heterocycles. The van der Waals surface area contributed by atoms with Crippen LogP contribution in [0.2, 0.25) is 0 Å². The van der Waals surface area contributed by atoms with Crippen molar-refractivity contribution in [1.82, 2.24) is 4.90 Å². The van der Waals surface area contributed by atoms with E-state index < -0.39 is 0 Å². The predicted octanol–water partition coefficient (Wildman–Crippen LogP) is 4.26. The minimum absolute atomic E-state index is 0.0841. The molecule has 0 spiro atoms. The lowest BCUT2D eigenvalue weighted by Crippen LogP contribution is -2.44. The molecule has 2 aromatic rings. The second-order valence-corrected chi connectivity index (χ2v) is 6.37. The maximum atomic E-state index is 6.24. The summed E-state index contributed by atoms with van der Waals surface area (Å²) in [4.78, 5) is 2.58. The standard InChI is InChI=1S/C21H27NO/c1-2-23-21(20-11-7-4-8-12-20)14-17-22(18-15-21)16-13-19-9-5-3-6-10-19/h3-12H,2,13-18H2,1H3. The van der Waals surface area contributed by atoms with E-state index in [0.717, 1.165) is 45.5 Å². The second kappa shape index (κ2) is 7.76. The van der Waals surface area contributed by atoms with Crippen molar-refractivity contribution in [1.29, 1.82) is 0 Å². The van der Waals surface area contributed by atoms with Gasteiger partial charge in [-0.3, -0.25) is 0 Å². The van der Waals surface area contributed by atoms with Crippen LogP contribution in [-0.4, -0.2) is 31.1 Å². The molecule has 0 atom stereocenters. The summed E-state index contributed by atoms with van der Waals surface area (Å²) in [5, 5.41) is 0. The lowest BCUT2D eigenvalue weighted by molar-refractivity contribution is -0.0848. The zero-order chi connectivity index (χ0) is 16.0. The summed E-state index contributed by atoms with van der Waals surface area (Å²) in [6.45, 7) is 6.25. The van der Waals surface area contributed by atoms with Gasteiger partial charge in [0.15, 0.2) is 0 Å². The zero-order valence-corrected chi connectivity index (χ0v) is 14.1. The summed E-state index contributed by atoms with van der Waals surface area (Å²) >= 11 is 0. The molecule has 23 heavy (non-hydrogen) atoms. The molecule has 0 bridgehead atoms. The first-order valence-corrected chi connectivity index (χ1v) is 8.78. The van der Waals surface area contributed by atoms with Crippen LogP contribution in [0, 0.1) is 0 Å². The maximum absolute atomic E-state index is 6.24. The van der Waals surface area contributed by atoms with Crippen molar-refractivity contribution in [2.75, 3.05) is 26.2 Å². The van der Waals surface area contributed by atoms with E-state index >= 15 is 0 Å². The highest BCUT2D eigenvalue weighted by atomic mass is 16.5. The summed E-state index contributed by atoms with van der Waals surface area (Å²) in [5.74, 6) is 0. The van der Waals surface area contributed by atoms with Gasteiger partial charge in [-0.15, -0.1) is 0 Å². The monoisotopic (exact) mass is 309 g/mol. The number of nitrogens with zero attached hydrogens (tertiary/aromatic N) is 1. The van der Waals surface area contributed by atoms with Gasteiger partial charge in [-0.1, -0.05) is 60.7 Å². The third-order valence-electron chi connectivity index (χ3n) is 4.94. The first-order valence-electron chi connectivity index (χ1n) is 8.78. The average molecular weight is 309 g/mol. The normalized spacial score (nSPS) is 18.0.